The summed E-state index contributed by atoms with van der Waals surface area (Å²) in [4.78, 5) is 36.6. The first-order chi connectivity index (χ1) is 26.6. The summed E-state index contributed by atoms with van der Waals surface area (Å²) in [5.74, 6) is -2.29. The number of ether oxygens (including phenoxy) is 4. The van der Waals surface area contributed by atoms with Crippen LogP contribution in [0.1, 0.15) is 206 Å². The van der Waals surface area contributed by atoms with Crippen LogP contribution in [-0.2, 0) is 33.3 Å². The van der Waals surface area contributed by atoms with Crippen LogP contribution in [0.25, 0.3) is 0 Å². The molecule has 0 aromatic rings. The van der Waals surface area contributed by atoms with E-state index in [2.05, 4.69) is 26.0 Å². The van der Waals surface area contributed by atoms with Crippen molar-refractivity contribution in [1.29, 1.82) is 0 Å². The van der Waals surface area contributed by atoms with Crippen LogP contribution >= 0.6 is 0 Å². The molecular weight excluding hydrogens is 695 g/mol. The molecule has 0 amide bonds. The zero-order valence-electron chi connectivity index (χ0n) is 36.6. The summed E-state index contributed by atoms with van der Waals surface area (Å²) in [6.45, 7) is 4.66. The molecule has 0 rings (SSSR count). The Morgan fingerprint density at radius 3 is 1.35 bits per heavy atom. The second kappa shape index (κ2) is 38.9. The molecule has 0 aliphatic carbocycles. The van der Waals surface area contributed by atoms with Crippen LogP contribution in [0.5, 0.6) is 0 Å². The number of carbonyl (C=O) groups is 3. The van der Waals surface area contributed by atoms with Gasteiger partial charge < -0.3 is 33.3 Å². The van der Waals surface area contributed by atoms with E-state index in [0.717, 1.165) is 51.4 Å². The summed E-state index contributed by atoms with van der Waals surface area (Å²) in [7, 11) is 5.90. The minimum absolute atomic E-state index is 0.150. The lowest BCUT2D eigenvalue weighted by Crippen LogP contribution is -2.44. The van der Waals surface area contributed by atoms with Crippen LogP contribution in [0.4, 0.5) is 0 Å². The van der Waals surface area contributed by atoms with Crippen LogP contribution in [0.15, 0.2) is 12.2 Å². The van der Waals surface area contributed by atoms with Crippen molar-refractivity contribution in [1.82, 2.24) is 0 Å². The topological polar surface area (TPSA) is 111 Å². The minimum Gasteiger partial charge on any atom is -0.545 e. The van der Waals surface area contributed by atoms with Crippen molar-refractivity contribution in [3.8, 4) is 0 Å². The van der Waals surface area contributed by atoms with Crippen LogP contribution in [0.2, 0.25) is 0 Å². The van der Waals surface area contributed by atoms with Gasteiger partial charge in [-0.3, -0.25) is 9.59 Å². The van der Waals surface area contributed by atoms with Crippen molar-refractivity contribution in [3.05, 3.63) is 12.2 Å². The maximum Gasteiger partial charge on any atom is 0.306 e. The number of esters is 2. The zero-order valence-corrected chi connectivity index (χ0v) is 36.6. The molecule has 0 saturated heterocycles. The molecule has 9 heteroatoms. The van der Waals surface area contributed by atoms with E-state index < -0.39 is 24.3 Å². The Morgan fingerprint density at radius 1 is 0.527 bits per heavy atom. The third kappa shape index (κ3) is 40.0. The molecule has 0 aliphatic heterocycles. The maximum atomic E-state index is 12.7. The highest BCUT2D eigenvalue weighted by Crippen LogP contribution is 2.15. The lowest BCUT2D eigenvalue weighted by molar-refractivity contribution is -0.870. The van der Waals surface area contributed by atoms with E-state index in [1.165, 1.54) is 128 Å². The van der Waals surface area contributed by atoms with Gasteiger partial charge in [-0.1, -0.05) is 167 Å². The van der Waals surface area contributed by atoms with Gasteiger partial charge in [0, 0.05) is 12.8 Å². The molecule has 0 radical (unpaired) electrons. The number of quaternary nitrogens is 1. The van der Waals surface area contributed by atoms with Gasteiger partial charge in [0.05, 0.1) is 40.3 Å². The first-order valence-electron chi connectivity index (χ1n) is 22.8. The number of hydrogen-bond acceptors (Lipinski definition) is 8. The fourth-order valence-electron chi connectivity index (χ4n) is 6.41. The Labute approximate surface area is 338 Å². The molecule has 2 atom stereocenters. The van der Waals surface area contributed by atoms with Crippen LogP contribution in [0.3, 0.4) is 0 Å². The van der Waals surface area contributed by atoms with Crippen LogP contribution in [-0.4, -0.2) is 82.3 Å². The van der Waals surface area contributed by atoms with Gasteiger partial charge in [0.1, 0.15) is 13.2 Å². The fraction of sp³-hybridized carbons (Fsp3) is 0.891. The fourth-order valence-corrected chi connectivity index (χ4v) is 6.41. The molecule has 324 valence electrons. The number of rotatable bonds is 42. The number of carboxylic acid groups (broad SMARTS) is 1. The second-order valence-corrected chi connectivity index (χ2v) is 16.7. The molecule has 0 N–H and O–H groups in total. The Kier molecular flexibility index (Phi) is 37.5. The summed E-state index contributed by atoms with van der Waals surface area (Å²) in [5.41, 5.74) is 0. The lowest BCUT2D eigenvalue weighted by atomic mass is 10.0. The third-order valence-electron chi connectivity index (χ3n) is 10.0. The molecule has 55 heavy (non-hydrogen) atoms. The van der Waals surface area contributed by atoms with E-state index in [1.54, 1.807) is 0 Å². The van der Waals surface area contributed by atoms with E-state index in [-0.39, 0.29) is 32.2 Å². The van der Waals surface area contributed by atoms with Crippen molar-refractivity contribution in [2.45, 2.75) is 219 Å². The molecule has 0 bridgehead atoms. The van der Waals surface area contributed by atoms with Crippen molar-refractivity contribution in [2.24, 2.45) is 0 Å². The predicted octanol–water partition coefficient (Wildman–Crippen LogP) is 10.6. The number of aliphatic carboxylic acids is 1. The van der Waals surface area contributed by atoms with Gasteiger partial charge >= 0.3 is 11.9 Å². The summed E-state index contributed by atoms with van der Waals surface area (Å²) in [6, 6.07) is 0. The van der Waals surface area contributed by atoms with Gasteiger partial charge in [0.25, 0.3) is 0 Å². The maximum absolute atomic E-state index is 12.7. The average molecular weight is 782 g/mol. The quantitative estimate of drug-likeness (QED) is 0.0198. The highest BCUT2D eigenvalue weighted by Gasteiger charge is 2.21. The standard InChI is InChI=1S/C46H87NO8/c1-6-8-10-12-13-14-15-16-17-18-19-20-21-22-23-24-25-26-27-28-29-30-31-33-35-37-44(49)55-42(40-53-43(48)36-34-32-11-9-7-2)41-54-46(45(50)51)52-39-38-47(3,4)5/h18-19,42,46H,6-17,20-41H2,1-5H3/b19-18-. The molecular formula is C46H87NO8. The van der Waals surface area contributed by atoms with Crippen molar-refractivity contribution >= 4 is 17.9 Å². The molecule has 0 heterocycles. The predicted molar refractivity (Wildman–Crippen MR) is 223 cm³/mol. The van der Waals surface area contributed by atoms with E-state index in [4.69, 9.17) is 18.9 Å². The van der Waals surface area contributed by atoms with Gasteiger partial charge in [0.2, 0.25) is 0 Å². The summed E-state index contributed by atoms with van der Waals surface area (Å²) in [5, 5.41) is 11.6. The zero-order chi connectivity index (χ0) is 40.7. The van der Waals surface area contributed by atoms with Gasteiger partial charge in [-0.25, -0.2) is 0 Å². The smallest absolute Gasteiger partial charge is 0.306 e. The molecule has 0 fully saturated rings. The van der Waals surface area contributed by atoms with Gasteiger partial charge in [-0.2, -0.15) is 0 Å². The van der Waals surface area contributed by atoms with Gasteiger partial charge in [-0.05, 0) is 38.5 Å². The number of carbonyl (C=O) groups excluding carboxylic acids is 3. The number of carboxylic acids is 1. The number of nitrogens with zero attached hydrogens (tertiary/aromatic N) is 1. The minimum atomic E-state index is -1.61. The first kappa shape index (κ1) is 53.0. The van der Waals surface area contributed by atoms with E-state index in [1.807, 2.05) is 21.1 Å². The van der Waals surface area contributed by atoms with E-state index >= 15 is 0 Å². The monoisotopic (exact) mass is 782 g/mol. The molecule has 9 nitrogen and oxygen atoms in total. The first-order valence-corrected chi connectivity index (χ1v) is 22.8. The number of unbranched alkanes of at least 4 members (excludes halogenated alkanes) is 25. The third-order valence-corrected chi connectivity index (χ3v) is 10.0. The summed E-state index contributed by atoms with van der Waals surface area (Å²) >= 11 is 0. The number of hydrogen-bond donors (Lipinski definition) is 0. The van der Waals surface area contributed by atoms with Gasteiger partial charge in [0.15, 0.2) is 12.4 Å². The number of likely N-dealkylation sites (N-methyl/N-ethyl adjacent to an activating group) is 1. The summed E-state index contributed by atoms with van der Waals surface area (Å²) in [6.07, 6.45) is 37.3. The van der Waals surface area contributed by atoms with Crippen molar-refractivity contribution in [2.75, 3.05) is 47.5 Å². The highest BCUT2D eigenvalue weighted by atomic mass is 16.7. The summed E-state index contributed by atoms with van der Waals surface area (Å²) < 4.78 is 22.4. The average Bonchev–Trinajstić information content (AvgIpc) is 3.14. The Morgan fingerprint density at radius 2 is 0.927 bits per heavy atom. The Balaban J connectivity index is 4.08. The number of allylic oxidation sites excluding steroid dienone is 2. The lowest BCUT2D eigenvalue weighted by Gasteiger charge is -2.26. The largest absolute Gasteiger partial charge is 0.545 e. The Bertz CT molecular complexity index is 918. The van der Waals surface area contributed by atoms with Crippen molar-refractivity contribution in [3.63, 3.8) is 0 Å². The molecule has 0 aromatic heterocycles. The molecule has 0 aromatic carbocycles. The van der Waals surface area contributed by atoms with Crippen molar-refractivity contribution < 1.29 is 42.9 Å². The van der Waals surface area contributed by atoms with E-state index in [0.29, 0.717) is 17.4 Å². The Hall–Kier alpha value is -1.97. The van der Waals surface area contributed by atoms with E-state index in [9.17, 15) is 19.5 Å². The van der Waals surface area contributed by atoms with Crippen LogP contribution < -0.4 is 5.11 Å². The van der Waals surface area contributed by atoms with Gasteiger partial charge in [-0.15, -0.1) is 0 Å². The molecule has 2 unspecified atom stereocenters. The molecule has 0 spiro atoms. The normalized spacial score (nSPS) is 13.0. The SMILES string of the molecule is CCCCCCCCCC/C=C\CCCCCCCCCCCCCCCC(=O)OC(COC(=O)CCCCCCC)COC(OCC[N+](C)(C)C)C(=O)[O-]. The molecule has 0 aliphatic rings. The second-order valence-electron chi connectivity index (χ2n) is 16.7. The van der Waals surface area contributed by atoms with Crippen LogP contribution in [0, 0.1) is 0 Å². The molecule has 0 saturated carbocycles. The highest BCUT2D eigenvalue weighted by molar-refractivity contribution is 5.70.